The van der Waals surface area contributed by atoms with E-state index in [9.17, 15) is 9.90 Å². The average molecular weight is 196 g/mol. The second-order valence-electron chi connectivity index (χ2n) is 3.03. The standard InChI is InChI=1S/C9H12N2O3/c1-5(12)8(10)7-4-11-3-2-6(7)9(13)14/h2-5,8,12H,10H2,1H3,(H,13,14)/t5-,8-/m0/s1. The Morgan fingerprint density at radius 3 is 2.79 bits per heavy atom. The predicted octanol–water partition coefficient (Wildman–Crippen LogP) is 0.160. The van der Waals surface area contributed by atoms with Gasteiger partial charge in [0.15, 0.2) is 0 Å². The van der Waals surface area contributed by atoms with Crippen molar-refractivity contribution in [3.63, 3.8) is 0 Å². The summed E-state index contributed by atoms with van der Waals surface area (Å²) < 4.78 is 0. The Labute approximate surface area is 81.2 Å². The van der Waals surface area contributed by atoms with Crippen molar-refractivity contribution in [3.8, 4) is 0 Å². The Morgan fingerprint density at radius 2 is 2.29 bits per heavy atom. The van der Waals surface area contributed by atoms with E-state index in [0.29, 0.717) is 5.56 Å². The maximum Gasteiger partial charge on any atom is 0.336 e. The molecule has 0 bridgehead atoms. The minimum absolute atomic E-state index is 0.0772. The lowest BCUT2D eigenvalue weighted by Crippen LogP contribution is -2.25. The van der Waals surface area contributed by atoms with Gasteiger partial charge in [0.1, 0.15) is 0 Å². The van der Waals surface area contributed by atoms with Crippen molar-refractivity contribution in [2.24, 2.45) is 5.73 Å². The molecule has 1 rings (SSSR count). The molecule has 0 saturated heterocycles. The highest BCUT2D eigenvalue weighted by molar-refractivity contribution is 5.89. The first-order valence-electron chi connectivity index (χ1n) is 4.15. The first-order valence-corrected chi connectivity index (χ1v) is 4.15. The number of hydrogen-bond acceptors (Lipinski definition) is 4. The van der Waals surface area contributed by atoms with E-state index in [1.165, 1.54) is 25.4 Å². The maximum atomic E-state index is 10.8. The number of pyridine rings is 1. The summed E-state index contributed by atoms with van der Waals surface area (Å²) in [5.41, 5.74) is 6.04. The van der Waals surface area contributed by atoms with Crippen LogP contribution in [0.15, 0.2) is 18.5 Å². The van der Waals surface area contributed by atoms with Crippen molar-refractivity contribution in [2.45, 2.75) is 19.1 Å². The van der Waals surface area contributed by atoms with E-state index in [0.717, 1.165) is 0 Å². The van der Waals surface area contributed by atoms with E-state index in [2.05, 4.69) is 4.98 Å². The number of carbonyl (C=O) groups is 1. The molecular formula is C9H12N2O3. The lowest BCUT2D eigenvalue weighted by atomic mass is 10.0. The first kappa shape index (κ1) is 10.6. The number of aromatic carboxylic acids is 1. The Hall–Kier alpha value is -1.46. The van der Waals surface area contributed by atoms with Crippen molar-refractivity contribution in [2.75, 3.05) is 0 Å². The second kappa shape index (κ2) is 4.17. The van der Waals surface area contributed by atoms with Gasteiger partial charge in [0.2, 0.25) is 0 Å². The number of carboxylic acid groups (broad SMARTS) is 1. The number of aliphatic hydroxyl groups is 1. The topological polar surface area (TPSA) is 96.4 Å². The molecule has 0 unspecified atom stereocenters. The van der Waals surface area contributed by atoms with Gasteiger partial charge in [-0.25, -0.2) is 4.79 Å². The average Bonchev–Trinajstić information content (AvgIpc) is 2.16. The van der Waals surface area contributed by atoms with Gasteiger partial charge in [0.05, 0.1) is 17.7 Å². The van der Waals surface area contributed by atoms with Crippen molar-refractivity contribution in [1.29, 1.82) is 0 Å². The Balaban J connectivity index is 3.13. The summed E-state index contributed by atoms with van der Waals surface area (Å²) in [6.07, 6.45) is 1.93. The Morgan fingerprint density at radius 1 is 1.64 bits per heavy atom. The summed E-state index contributed by atoms with van der Waals surface area (Å²) in [7, 11) is 0. The molecular weight excluding hydrogens is 184 g/mol. The van der Waals surface area contributed by atoms with E-state index in [-0.39, 0.29) is 5.56 Å². The molecule has 1 heterocycles. The van der Waals surface area contributed by atoms with E-state index < -0.39 is 18.1 Å². The molecule has 2 atom stereocenters. The number of aliphatic hydroxyl groups excluding tert-OH is 1. The fourth-order valence-electron chi connectivity index (χ4n) is 1.13. The minimum atomic E-state index is -1.07. The van der Waals surface area contributed by atoms with Gasteiger partial charge in [-0.05, 0) is 13.0 Å². The zero-order chi connectivity index (χ0) is 10.7. The largest absolute Gasteiger partial charge is 0.478 e. The van der Waals surface area contributed by atoms with Crippen LogP contribution in [-0.2, 0) is 0 Å². The number of hydrogen-bond donors (Lipinski definition) is 3. The SMILES string of the molecule is C[C@H](O)[C@H](N)c1cnccc1C(=O)O. The van der Waals surface area contributed by atoms with Crippen molar-refractivity contribution in [1.82, 2.24) is 4.98 Å². The third-order valence-corrected chi connectivity index (χ3v) is 1.96. The molecule has 0 aliphatic heterocycles. The number of nitrogens with two attached hydrogens (primary N) is 1. The number of carboxylic acids is 1. The van der Waals surface area contributed by atoms with Crippen LogP contribution in [0.3, 0.4) is 0 Å². The Bertz CT molecular complexity index is 339. The van der Waals surface area contributed by atoms with Crippen molar-refractivity contribution in [3.05, 3.63) is 29.6 Å². The highest BCUT2D eigenvalue weighted by atomic mass is 16.4. The molecule has 5 heteroatoms. The van der Waals surface area contributed by atoms with Gasteiger partial charge in [-0.3, -0.25) is 4.98 Å². The van der Waals surface area contributed by atoms with E-state index >= 15 is 0 Å². The summed E-state index contributed by atoms with van der Waals surface area (Å²) in [6, 6.07) is 0.634. The zero-order valence-corrected chi connectivity index (χ0v) is 7.71. The van der Waals surface area contributed by atoms with Gasteiger partial charge in [-0.1, -0.05) is 0 Å². The van der Waals surface area contributed by atoms with E-state index in [1.807, 2.05) is 0 Å². The molecule has 0 aliphatic carbocycles. The molecule has 0 saturated carbocycles. The third-order valence-electron chi connectivity index (χ3n) is 1.96. The molecule has 0 amide bonds. The van der Waals surface area contributed by atoms with Crippen molar-refractivity contribution >= 4 is 5.97 Å². The summed E-state index contributed by atoms with van der Waals surface area (Å²) in [5.74, 6) is -1.07. The molecule has 5 nitrogen and oxygen atoms in total. The van der Waals surface area contributed by atoms with Crippen LogP contribution in [0.25, 0.3) is 0 Å². The number of rotatable bonds is 3. The first-order chi connectivity index (χ1) is 6.54. The molecule has 0 fully saturated rings. The summed E-state index contributed by atoms with van der Waals surface area (Å²) >= 11 is 0. The van der Waals surface area contributed by atoms with Crippen LogP contribution in [0.4, 0.5) is 0 Å². The van der Waals surface area contributed by atoms with Gasteiger partial charge in [0, 0.05) is 18.0 Å². The molecule has 1 aromatic heterocycles. The molecule has 76 valence electrons. The molecule has 14 heavy (non-hydrogen) atoms. The number of nitrogens with zero attached hydrogens (tertiary/aromatic N) is 1. The third kappa shape index (κ3) is 2.07. The van der Waals surface area contributed by atoms with Crippen LogP contribution < -0.4 is 5.73 Å². The summed E-state index contributed by atoms with van der Waals surface area (Å²) in [6.45, 7) is 1.50. The van der Waals surface area contributed by atoms with Crippen LogP contribution in [0.2, 0.25) is 0 Å². The quantitative estimate of drug-likeness (QED) is 0.639. The summed E-state index contributed by atoms with van der Waals surface area (Å²) in [5, 5.41) is 18.1. The smallest absolute Gasteiger partial charge is 0.336 e. The normalized spacial score (nSPS) is 14.8. The van der Waals surface area contributed by atoms with Crippen LogP contribution in [0.5, 0.6) is 0 Å². The van der Waals surface area contributed by atoms with Crippen LogP contribution in [-0.4, -0.2) is 27.3 Å². The molecule has 0 radical (unpaired) electrons. The van der Waals surface area contributed by atoms with Crippen LogP contribution >= 0.6 is 0 Å². The van der Waals surface area contributed by atoms with E-state index in [1.54, 1.807) is 0 Å². The van der Waals surface area contributed by atoms with Crippen molar-refractivity contribution < 1.29 is 15.0 Å². The van der Waals surface area contributed by atoms with Gasteiger partial charge < -0.3 is 15.9 Å². The van der Waals surface area contributed by atoms with Gasteiger partial charge in [-0.15, -0.1) is 0 Å². The summed E-state index contributed by atoms with van der Waals surface area (Å²) in [4.78, 5) is 14.6. The fraction of sp³-hybridized carbons (Fsp3) is 0.333. The van der Waals surface area contributed by atoms with Gasteiger partial charge >= 0.3 is 5.97 Å². The van der Waals surface area contributed by atoms with Crippen LogP contribution in [0, 0.1) is 0 Å². The molecule has 1 aromatic rings. The molecule has 4 N–H and O–H groups in total. The van der Waals surface area contributed by atoms with Gasteiger partial charge in [-0.2, -0.15) is 0 Å². The zero-order valence-electron chi connectivity index (χ0n) is 7.71. The van der Waals surface area contributed by atoms with E-state index in [4.69, 9.17) is 10.8 Å². The molecule has 0 aliphatic rings. The molecule has 0 spiro atoms. The fourth-order valence-corrected chi connectivity index (χ4v) is 1.13. The maximum absolute atomic E-state index is 10.8. The minimum Gasteiger partial charge on any atom is -0.478 e. The molecule has 0 aromatic carbocycles. The highest BCUT2D eigenvalue weighted by Gasteiger charge is 2.19. The highest BCUT2D eigenvalue weighted by Crippen LogP contribution is 2.17. The lowest BCUT2D eigenvalue weighted by molar-refractivity contribution is 0.0693. The monoisotopic (exact) mass is 196 g/mol. The lowest BCUT2D eigenvalue weighted by Gasteiger charge is -2.16. The predicted molar refractivity (Wildman–Crippen MR) is 49.8 cm³/mol. The van der Waals surface area contributed by atoms with Crippen LogP contribution in [0.1, 0.15) is 28.9 Å². The van der Waals surface area contributed by atoms with Gasteiger partial charge in [0.25, 0.3) is 0 Å². The second-order valence-corrected chi connectivity index (χ2v) is 3.03. The Kier molecular flexibility index (Phi) is 3.16. The number of aromatic nitrogens is 1.